The molecular formula is C9H17N3O3S. The first-order valence-corrected chi connectivity index (χ1v) is 6.61. The van der Waals surface area contributed by atoms with E-state index in [1.807, 2.05) is 6.92 Å². The number of aryl methyl sites for hydroxylation is 1. The highest BCUT2D eigenvalue weighted by Crippen LogP contribution is 2.06. The highest BCUT2D eigenvalue weighted by molar-refractivity contribution is 7.89. The van der Waals surface area contributed by atoms with Crippen LogP contribution in [0.4, 0.5) is 0 Å². The molecule has 0 bridgehead atoms. The van der Waals surface area contributed by atoms with Gasteiger partial charge in [0.1, 0.15) is 0 Å². The van der Waals surface area contributed by atoms with E-state index in [0.717, 1.165) is 0 Å². The fourth-order valence-electron chi connectivity index (χ4n) is 1.26. The normalized spacial score (nSPS) is 13.9. The van der Waals surface area contributed by atoms with Crippen LogP contribution in [0.2, 0.25) is 0 Å². The van der Waals surface area contributed by atoms with Gasteiger partial charge in [0.05, 0.1) is 12.3 Å². The molecule has 1 aromatic rings. The van der Waals surface area contributed by atoms with E-state index in [2.05, 4.69) is 9.82 Å². The Morgan fingerprint density at radius 1 is 1.62 bits per heavy atom. The topological polar surface area (TPSA) is 84.2 Å². The molecule has 0 aliphatic heterocycles. The van der Waals surface area contributed by atoms with E-state index in [1.165, 1.54) is 16.9 Å². The van der Waals surface area contributed by atoms with Crippen molar-refractivity contribution in [2.24, 2.45) is 7.05 Å². The Balaban J connectivity index is 2.57. The molecule has 0 radical (unpaired) electrons. The van der Waals surface area contributed by atoms with E-state index in [-0.39, 0.29) is 11.6 Å². The highest BCUT2D eigenvalue weighted by atomic mass is 32.2. The number of aliphatic hydroxyl groups is 1. The summed E-state index contributed by atoms with van der Waals surface area (Å²) in [5.74, 6) is 0. The van der Waals surface area contributed by atoms with Crippen LogP contribution in [0.5, 0.6) is 0 Å². The molecular weight excluding hydrogens is 230 g/mol. The van der Waals surface area contributed by atoms with E-state index in [4.69, 9.17) is 0 Å². The van der Waals surface area contributed by atoms with Crippen molar-refractivity contribution in [2.75, 3.05) is 6.54 Å². The fraction of sp³-hybridized carbons (Fsp3) is 0.667. The van der Waals surface area contributed by atoms with Crippen molar-refractivity contribution < 1.29 is 13.5 Å². The molecule has 0 saturated carbocycles. The second-order valence-electron chi connectivity index (χ2n) is 3.54. The van der Waals surface area contributed by atoms with Crippen LogP contribution in [0.3, 0.4) is 0 Å². The summed E-state index contributed by atoms with van der Waals surface area (Å²) in [6.45, 7) is 2.07. The molecule has 92 valence electrons. The van der Waals surface area contributed by atoms with Crippen LogP contribution in [0.15, 0.2) is 17.3 Å². The Morgan fingerprint density at radius 3 is 2.81 bits per heavy atom. The summed E-state index contributed by atoms with van der Waals surface area (Å²) in [6.07, 6.45) is 1.99. The van der Waals surface area contributed by atoms with Crippen molar-refractivity contribution in [1.82, 2.24) is 14.5 Å². The average Bonchev–Trinajstić information content (AvgIpc) is 2.64. The van der Waals surface area contributed by atoms with Gasteiger partial charge in [0.2, 0.25) is 0 Å². The van der Waals surface area contributed by atoms with Gasteiger partial charge in [-0.25, -0.2) is 13.1 Å². The highest BCUT2D eigenvalue weighted by Gasteiger charge is 2.17. The molecule has 1 unspecified atom stereocenters. The Hall–Kier alpha value is -0.920. The van der Waals surface area contributed by atoms with Gasteiger partial charge in [0.25, 0.3) is 10.0 Å². The summed E-state index contributed by atoms with van der Waals surface area (Å²) >= 11 is 0. The number of hydrogen-bond donors (Lipinski definition) is 2. The van der Waals surface area contributed by atoms with E-state index >= 15 is 0 Å². The standard InChI is InChI=1S/C9H17N3O3S/c1-3-8(13)4-7-11-16(14,15)9-5-6-10-12(9)2/h5-6,8,11,13H,3-4,7H2,1-2H3. The molecule has 1 rings (SSSR count). The van der Waals surface area contributed by atoms with Crippen molar-refractivity contribution in [3.63, 3.8) is 0 Å². The number of rotatable bonds is 6. The molecule has 1 heterocycles. The van der Waals surface area contributed by atoms with E-state index < -0.39 is 16.1 Å². The largest absolute Gasteiger partial charge is 0.393 e. The molecule has 1 aromatic heterocycles. The molecule has 0 aromatic carbocycles. The van der Waals surface area contributed by atoms with Gasteiger partial charge >= 0.3 is 0 Å². The first kappa shape index (κ1) is 13.1. The smallest absolute Gasteiger partial charge is 0.257 e. The van der Waals surface area contributed by atoms with Crippen LogP contribution in [-0.4, -0.2) is 36.0 Å². The molecule has 6 nitrogen and oxygen atoms in total. The summed E-state index contributed by atoms with van der Waals surface area (Å²) < 4.78 is 27.2. The molecule has 0 aliphatic carbocycles. The number of hydrogen-bond acceptors (Lipinski definition) is 4. The van der Waals surface area contributed by atoms with Gasteiger partial charge in [-0.1, -0.05) is 6.92 Å². The lowest BCUT2D eigenvalue weighted by Gasteiger charge is -2.09. The minimum absolute atomic E-state index is 0.124. The number of sulfonamides is 1. The minimum atomic E-state index is -3.51. The number of nitrogens with one attached hydrogen (secondary N) is 1. The van der Waals surface area contributed by atoms with Crippen LogP contribution in [0.1, 0.15) is 19.8 Å². The van der Waals surface area contributed by atoms with E-state index in [9.17, 15) is 13.5 Å². The van der Waals surface area contributed by atoms with Crippen LogP contribution in [0, 0.1) is 0 Å². The molecule has 7 heteroatoms. The van der Waals surface area contributed by atoms with Gasteiger partial charge in [-0.2, -0.15) is 5.10 Å². The third-order valence-electron chi connectivity index (χ3n) is 2.29. The Labute approximate surface area is 95.3 Å². The second-order valence-corrected chi connectivity index (χ2v) is 5.26. The van der Waals surface area contributed by atoms with E-state index in [1.54, 1.807) is 7.05 Å². The maximum atomic E-state index is 11.7. The van der Waals surface area contributed by atoms with Gasteiger partial charge in [0, 0.05) is 13.6 Å². The molecule has 0 saturated heterocycles. The average molecular weight is 247 g/mol. The zero-order valence-electron chi connectivity index (χ0n) is 9.42. The molecule has 2 N–H and O–H groups in total. The Kier molecular flexibility index (Phi) is 4.45. The molecule has 0 amide bonds. The first-order valence-electron chi connectivity index (χ1n) is 5.13. The van der Waals surface area contributed by atoms with Gasteiger partial charge < -0.3 is 5.11 Å². The van der Waals surface area contributed by atoms with Crippen molar-refractivity contribution in [3.8, 4) is 0 Å². The number of nitrogens with zero attached hydrogens (tertiary/aromatic N) is 2. The lowest BCUT2D eigenvalue weighted by Crippen LogP contribution is -2.28. The van der Waals surface area contributed by atoms with Gasteiger partial charge in [0.15, 0.2) is 5.03 Å². The lowest BCUT2D eigenvalue weighted by molar-refractivity contribution is 0.162. The predicted molar refractivity (Wildman–Crippen MR) is 59.3 cm³/mol. The van der Waals surface area contributed by atoms with Gasteiger partial charge in [-0.15, -0.1) is 0 Å². The van der Waals surface area contributed by atoms with Crippen molar-refractivity contribution >= 4 is 10.0 Å². The minimum Gasteiger partial charge on any atom is -0.393 e. The number of aliphatic hydroxyl groups excluding tert-OH is 1. The summed E-state index contributed by atoms with van der Waals surface area (Å²) in [5, 5.41) is 13.2. The molecule has 16 heavy (non-hydrogen) atoms. The zero-order chi connectivity index (χ0) is 12.2. The van der Waals surface area contributed by atoms with E-state index in [0.29, 0.717) is 12.8 Å². The maximum absolute atomic E-state index is 11.7. The lowest BCUT2D eigenvalue weighted by atomic mass is 10.2. The summed E-state index contributed by atoms with van der Waals surface area (Å²) in [7, 11) is -1.95. The van der Waals surface area contributed by atoms with Crippen molar-refractivity contribution in [2.45, 2.75) is 30.9 Å². The third-order valence-corrected chi connectivity index (χ3v) is 3.83. The van der Waals surface area contributed by atoms with Gasteiger partial charge in [-0.3, -0.25) is 4.68 Å². The zero-order valence-corrected chi connectivity index (χ0v) is 10.2. The second kappa shape index (κ2) is 5.42. The molecule has 0 aliphatic rings. The van der Waals surface area contributed by atoms with Gasteiger partial charge in [-0.05, 0) is 18.9 Å². The fourth-order valence-corrected chi connectivity index (χ4v) is 2.43. The summed E-state index contributed by atoms with van der Waals surface area (Å²) in [6, 6.07) is 1.43. The first-order chi connectivity index (χ1) is 7.47. The third kappa shape index (κ3) is 3.29. The quantitative estimate of drug-likeness (QED) is 0.732. The molecule has 0 fully saturated rings. The van der Waals surface area contributed by atoms with Crippen LogP contribution in [-0.2, 0) is 17.1 Å². The van der Waals surface area contributed by atoms with Crippen molar-refractivity contribution in [1.29, 1.82) is 0 Å². The Morgan fingerprint density at radius 2 is 2.31 bits per heavy atom. The Bertz CT molecular complexity index is 427. The van der Waals surface area contributed by atoms with Crippen LogP contribution in [0.25, 0.3) is 0 Å². The van der Waals surface area contributed by atoms with Crippen LogP contribution < -0.4 is 4.72 Å². The monoisotopic (exact) mass is 247 g/mol. The SMILES string of the molecule is CCC(O)CCNS(=O)(=O)c1ccnn1C. The number of aromatic nitrogens is 2. The van der Waals surface area contributed by atoms with Crippen LogP contribution >= 0.6 is 0 Å². The molecule has 0 spiro atoms. The van der Waals surface area contributed by atoms with Crippen molar-refractivity contribution in [3.05, 3.63) is 12.3 Å². The predicted octanol–water partition coefficient (Wildman–Crippen LogP) is -0.141. The summed E-state index contributed by atoms with van der Waals surface area (Å²) in [5.41, 5.74) is 0. The summed E-state index contributed by atoms with van der Waals surface area (Å²) in [4.78, 5) is 0. The maximum Gasteiger partial charge on any atom is 0.257 e. The molecule has 1 atom stereocenters.